The molecule has 1 saturated heterocycles. The number of amides is 2. The van der Waals surface area contributed by atoms with Crippen molar-refractivity contribution >= 4 is 39.3 Å². The third kappa shape index (κ3) is 7.08. The highest BCUT2D eigenvalue weighted by atomic mass is 16.6. The molecule has 0 saturated carbocycles. The van der Waals surface area contributed by atoms with Gasteiger partial charge in [0.15, 0.2) is 0 Å². The lowest BCUT2D eigenvalue weighted by Gasteiger charge is -2.35. The van der Waals surface area contributed by atoms with Gasteiger partial charge >= 0.3 is 12.2 Å². The van der Waals surface area contributed by atoms with Crippen LogP contribution in [-0.4, -0.2) is 59.4 Å². The zero-order chi connectivity index (χ0) is 34.4. The molecule has 6 rings (SSSR count). The molecule has 6 nitrogen and oxygen atoms in total. The highest BCUT2D eigenvalue weighted by molar-refractivity contribution is 6.01. The van der Waals surface area contributed by atoms with Gasteiger partial charge in [-0.1, -0.05) is 60.7 Å². The van der Waals surface area contributed by atoms with E-state index >= 15 is 0 Å². The Bertz CT molecular complexity index is 1900. The highest BCUT2D eigenvalue weighted by Crippen LogP contribution is 2.43. The lowest BCUT2D eigenvalue weighted by Crippen LogP contribution is -2.41. The molecule has 0 spiro atoms. The highest BCUT2D eigenvalue weighted by Gasteiger charge is 2.30. The number of rotatable bonds is 3. The van der Waals surface area contributed by atoms with E-state index in [1.54, 1.807) is 4.90 Å². The molecule has 0 aromatic heterocycles. The summed E-state index contributed by atoms with van der Waals surface area (Å²) in [6.45, 7) is 18.4. The molecule has 0 N–H and O–H groups in total. The van der Waals surface area contributed by atoms with Crippen molar-refractivity contribution < 1.29 is 19.1 Å². The minimum atomic E-state index is -0.514. The van der Waals surface area contributed by atoms with Crippen LogP contribution in [0.3, 0.4) is 0 Å². The summed E-state index contributed by atoms with van der Waals surface area (Å²) in [7, 11) is 0. The fraction of sp³-hybridized carbons (Fsp3) is 0.429. The van der Waals surface area contributed by atoms with Crippen molar-refractivity contribution in [2.75, 3.05) is 26.2 Å². The summed E-state index contributed by atoms with van der Waals surface area (Å²) >= 11 is 0. The minimum absolute atomic E-state index is 0.224. The SMILES string of the molecule is Cc1ccc(C2=CCN(C(=O)OC(C)(C)C)CC2)c2cc(-c3cc(C)c4ccccc4c3C3CCN(C(=O)OC(C)(C)C)CC3)ccc12. The van der Waals surface area contributed by atoms with Crippen LogP contribution >= 0.6 is 0 Å². The largest absolute Gasteiger partial charge is 0.444 e. The molecule has 2 heterocycles. The Morgan fingerprint density at radius 2 is 1.29 bits per heavy atom. The molecule has 0 unspecified atom stereocenters. The molecule has 252 valence electrons. The van der Waals surface area contributed by atoms with E-state index in [4.69, 9.17) is 9.47 Å². The molecule has 4 aromatic rings. The number of nitrogens with zero attached hydrogens (tertiary/aromatic N) is 2. The van der Waals surface area contributed by atoms with E-state index in [1.807, 2.05) is 46.4 Å². The molecule has 6 heteroatoms. The first-order chi connectivity index (χ1) is 22.7. The second-order valence-corrected chi connectivity index (χ2v) is 15.5. The van der Waals surface area contributed by atoms with Crippen LogP contribution in [0.1, 0.15) is 89.0 Å². The molecule has 2 amide bonds. The predicted molar refractivity (Wildman–Crippen MR) is 197 cm³/mol. The smallest absolute Gasteiger partial charge is 0.410 e. The normalized spacial score (nSPS) is 16.3. The summed E-state index contributed by atoms with van der Waals surface area (Å²) in [5.41, 5.74) is 7.83. The minimum Gasteiger partial charge on any atom is -0.444 e. The molecule has 2 aliphatic heterocycles. The summed E-state index contributed by atoms with van der Waals surface area (Å²) in [6.07, 6.45) is 4.26. The standard InChI is InChI=1S/C42H50N2O4/c1-27-13-15-34(29-17-21-43(22-18-29)39(45)47-41(3,4)5)37-26-31(14-16-33(27)37)36-25-28(2)32-11-9-10-12-35(32)38(36)30-19-23-44(24-20-30)40(46)48-42(6,7)8/h9-17,25-26,30H,18-24H2,1-8H3. The van der Waals surface area contributed by atoms with Crippen LogP contribution in [0.5, 0.6) is 0 Å². The van der Waals surface area contributed by atoms with Gasteiger partial charge in [0, 0.05) is 26.2 Å². The lowest BCUT2D eigenvalue weighted by atomic mass is 9.80. The zero-order valence-electron chi connectivity index (χ0n) is 29.9. The summed E-state index contributed by atoms with van der Waals surface area (Å²) in [5, 5.41) is 5.06. The van der Waals surface area contributed by atoms with E-state index < -0.39 is 11.2 Å². The number of aryl methyl sites for hydroxylation is 2. The Labute approximate surface area is 285 Å². The molecule has 1 fully saturated rings. The van der Waals surface area contributed by atoms with Gasteiger partial charge in [0.25, 0.3) is 0 Å². The van der Waals surface area contributed by atoms with Crippen molar-refractivity contribution in [3.8, 4) is 11.1 Å². The van der Waals surface area contributed by atoms with Crippen LogP contribution in [0.2, 0.25) is 0 Å². The average molecular weight is 647 g/mol. The van der Waals surface area contributed by atoms with Crippen LogP contribution in [0.25, 0.3) is 38.2 Å². The van der Waals surface area contributed by atoms with Gasteiger partial charge in [-0.3, -0.25) is 0 Å². The van der Waals surface area contributed by atoms with Crippen LogP contribution < -0.4 is 0 Å². The first-order valence-corrected chi connectivity index (χ1v) is 17.4. The maximum absolute atomic E-state index is 12.9. The molecule has 48 heavy (non-hydrogen) atoms. The van der Waals surface area contributed by atoms with Crippen LogP contribution in [0, 0.1) is 13.8 Å². The Morgan fingerprint density at radius 3 is 1.92 bits per heavy atom. The fourth-order valence-corrected chi connectivity index (χ4v) is 7.29. The summed E-state index contributed by atoms with van der Waals surface area (Å²) in [5.74, 6) is 0.316. The first kappa shape index (κ1) is 33.6. The van der Waals surface area contributed by atoms with Gasteiger partial charge in [-0.15, -0.1) is 0 Å². The quantitative estimate of drug-likeness (QED) is 0.222. The van der Waals surface area contributed by atoms with Crippen LogP contribution in [0.15, 0.2) is 66.7 Å². The molecule has 0 aliphatic carbocycles. The number of hydrogen-bond acceptors (Lipinski definition) is 4. The van der Waals surface area contributed by atoms with Gasteiger partial charge in [0.1, 0.15) is 11.2 Å². The van der Waals surface area contributed by atoms with Gasteiger partial charge < -0.3 is 19.3 Å². The summed E-state index contributed by atoms with van der Waals surface area (Å²) in [6, 6.07) is 22.5. The van der Waals surface area contributed by atoms with E-state index in [0.29, 0.717) is 32.1 Å². The van der Waals surface area contributed by atoms with Gasteiger partial charge in [0.2, 0.25) is 0 Å². The maximum Gasteiger partial charge on any atom is 0.410 e. The maximum atomic E-state index is 12.9. The van der Waals surface area contributed by atoms with Crippen LogP contribution in [0.4, 0.5) is 9.59 Å². The Morgan fingerprint density at radius 1 is 0.667 bits per heavy atom. The predicted octanol–water partition coefficient (Wildman–Crippen LogP) is 10.4. The Hall–Kier alpha value is -4.32. The molecule has 2 aliphatic rings. The van der Waals surface area contributed by atoms with Crippen molar-refractivity contribution in [2.45, 2.75) is 91.8 Å². The Kier molecular flexibility index (Phi) is 9.06. The van der Waals surface area contributed by atoms with E-state index in [1.165, 1.54) is 60.5 Å². The monoisotopic (exact) mass is 646 g/mol. The van der Waals surface area contributed by atoms with Gasteiger partial charge in [-0.2, -0.15) is 0 Å². The number of carbonyl (C=O) groups excluding carboxylic acids is 2. The number of likely N-dealkylation sites (tertiary alicyclic amines) is 1. The number of fused-ring (bicyclic) bond motifs is 2. The van der Waals surface area contributed by atoms with E-state index in [0.717, 1.165) is 19.3 Å². The van der Waals surface area contributed by atoms with Gasteiger partial charge in [0.05, 0.1) is 0 Å². The lowest BCUT2D eigenvalue weighted by molar-refractivity contribution is 0.0203. The van der Waals surface area contributed by atoms with Gasteiger partial charge in [-0.25, -0.2) is 9.59 Å². The third-order valence-corrected chi connectivity index (χ3v) is 9.60. The summed E-state index contributed by atoms with van der Waals surface area (Å²) < 4.78 is 11.3. The zero-order valence-corrected chi connectivity index (χ0v) is 29.9. The number of carbonyl (C=O) groups is 2. The topological polar surface area (TPSA) is 59.1 Å². The number of ether oxygens (including phenoxy) is 2. The Balaban J connectivity index is 1.38. The number of hydrogen-bond donors (Lipinski definition) is 0. The van der Waals surface area contributed by atoms with E-state index in [-0.39, 0.29) is 12.2 Å². The molecule has 0 atom stereocenters. The van der Waals surface area contributed by atoms with Crippen molar-refractivity contribution in [2.24, 2.45) is 0 Å². The third-order valence-electron chi connectivity index (χ3n) is 9.60. The van der Waals surface area contributed by atoms with Crippen molar-refractivity contribution in [3.05, 3.63) is 89.0 Å². The molecule has 0 bridgehead atoms. The molecular formula is C42H50N2O4. The summed E-state index contributed by atoms with van der Waals surface area (Å²) in [4.78, 5) is 29.3. The van der Waals surface area contributed by atoms with Crippen molar-refractivity contribution in [3.63, 3.8) is 0 Å². The van der Waals surface area contributed by atoms with Crippen LogP contribution in [-0.2, 0) is 9.47 Å². The fourth-order valence-electron chi connectivity index (χ4n) is 7.29. The molecule has 0 radical (unpaired) electrons. The van der Waals surface area contributed by atoms with E-state index in [2.05, 4.69) is 80.6 Å². The number of benzene rings is 4. The first-order valence-electron chi connectivity index (χ1n) is 17.4. The van der Waals surface area contributed by atoms with Crippen molar-refractivity contribution in [1.82, 2.24) is 9.80 Å². The van der Waals surface area contributed by atoms with Gasteiger partial charge in [-0.05, 0) is 147 Å². The van der Waals surface area contributed by atoms with Crippen molar-refractivity contribution in [1.29, 1.82) is 0 Å². The second-order valence-electron chi connectivity index (χ2n) is 15.5. The average Bonchev–Trinajstić information content (AvgIpc) is 3.03. The molecular weight excluding hydrogens is 596 g/mol. The second kappa shape index (κ2) is 12.9. The number of piperidine rings is 1. The molecule has 4 aromatic carbocycles. The van der Waals surface area contributed by atoms with E-state index in [9.17, 15) is 9.59 Å².